The molecular formula is C19H22BrNO3S. The van der Waals surface area contributed by atoms with Gasteiger partial charge in [-0.3, -0.25) is 4.79 Å². The molecule has 1 atom stereocenters. The molecule has 0 saturated heterocycles. The van der Waals surface area contributed by atoms with Crippen LogP contribution in [0.1, 0.15) is 30.5 Å². The molecule has 0 saturated carbocycles. The Hall–Kier alpha value is -1.66. The Morgan fingerprint density at radius 1 is 1.12 bits per heavy atom. The van der Waals surface area contributed by atoms with E-state index < -0.39 is 21.5 Å². The number of sulfone groups is 1. The lowest BCUT2D eigenvalue weighted by Gasteiger charge is -2.14. The van der Waals surface area contributed by atoms with Gasteiger partial charge >= 0.3 is 0 Å². The molecule has 0 fully saturated rings. The molecule has 4 nitrogen and oxygen atoms in total. The number of benzene rings is 2. The first-order valence-corrected chi connectivity index (χ1v) is 10.8. The SMILES string of the molecule is CC(NC(=O)CS(=O)(=O)CCCc1ccccc1)c1cccc(Br)c1. The average Bonchev–Trinajstić information content (AvgIpc) is 2.55. The molecule has 2 rings (SSSR count). The van der Waals surface area contributed by atoms with Gasteiger partial charge in [0.1, 0.15) is 5.75 Å². The van der Waals surface area contributed by atoms with Crippen molar-refractivity contribution in [3.63, 3.8) is 0 Å². The van der Waals surface area contributed by atoms with E-state index in [0.717, 1.165) is 15.6 Å². The smallest absolute Gasteiger partial charge is 0.235 e. The van der Waals surface area contributed by atoms with Crippen LogP contribution in [0.25, 0.3) is 0 Å². The first-order chi connectivity index (χ1) is 11.9. The van der Waals surface area contributed by atoms with Crippen LogP contribution in [0.5, 0.6) is 0 Å². The highest BCUT2D eigenvalue weighted by molar-refractivity contribution is 9.10. The topological polar surface area (TPSA) is 63.2 Å². The third-order valence-electron chi connectivity index (χ3n) is 3.84. The molecule has 0 aromatic heterocycles. The van der Waals surface area contributed by atoms with Crippen molar-refractivity contribution in [3.8, 4) is 0 Å². The minimum atomic E-state index is -3.41. The maximum absolute atomic E-state index is 12.1. The van der Waals surface area contributed by atoms with E-state index in [4.69, 9.17) is 0 Å². The second-order valence-corrected chi connectivity index (χ2v) is 9.13. The van der Waals surface area contributed by atoms with Crippen LogP contribution in [-0.4, -0.2) is 25.8 Å². The zero-order chi connectivity index (χ0) is 18.3. The Balaban J connectivity index is 1.82. The van der Waals surface area contributed by atoms with Crippen LogP contribution in [-0.2, 0) is 21.1 Å². The molecule has 25 heavy (non-hydrogen) atoms. The van der Waals surface area contributed by atoms with E-state index in [1.807, 2.05) is 61.5 Å². The van der Waals surface area contributed by atoms with Gasteiger partial charge in [-0.15, -0.1) is 0 Å². The van der Waals surface area contributed by atoms with Crippen molar-refractivity contribution in [2.45, 2.75) is 25.8 Å². The molecule has 2 aromatic carbocycles. The summed E-state index contributed by atoms with van der Waals surface area (Å²) in [5, 5.41) is 2.75. The summed E-state index contributed by atoms with van der Waals surface area (Å²) in [5.41, 5.74) is 2.02. The van der Waals surface area contributed by atoms with Crippen molar-refractivity contribution < 1.29 is 13.2 Å². The van der Waals surface area contributed by atoms with Crippen LogP contribution in [0.3, 0.4) is 0 Å². The average molecular weight is 424 g/mol. The van der Waals surface area contributed by atoms with Crippen molar-refractivity contribution in [1.29, 1.82) is 0 Å². The van der Waals surface area contributed by atoms with E-state index in [1.54, 1.807) is 0 Å². The summed E-state index contributed by atoms with van der Waals surface area (Å²) in [4.78, 5) is 12.1. The molecule has 134 valence electrons. The van der Waals surface area contributed by atoms with Crippen molar-refractivity contribution in [2.24, 2.45) is 0 Å². The third kappa shape index (κ3) is 7.00. The second kappa shape index (κ2) is 9.15. The standard InChI is InChI=1S/C19H22BrNO3S/c1-15(17-10-5-11-18(20)13-17)21-19(22)14-25(23,24)12-6-9-16-7-3-2-4-8-16/h2-5,7-8,10-11,13,15H,6,9,12,14H2,1H3,(H,21,22). The van der Waals surface area contributed by atoms with Gasteiger partial charge in [0, 0.05) is 4.47 Å². The van der Waals surface area contributed by atoms with Crippen molar-refractivity contribution >= 4 is 31.7 Å². The zero-order valence-corrected chi connectivity index (χ0v) is 16.5. The Bertz CT molecular complexity index is 806. The van der Waals surface area contributed by atoms with Crippen LogP contribution in [0.4, 0.5) is 0 Å². The quantitative estimate of drug-likeness (QED) is 0.704. The molecule has 6 heteroatoms. The molecule has 1 N–H and O–H groups in total. The van der Waals surface area contributed by atoms with Gasteiger partial charge in [0.2, 0.25) is 5.91 Å². The normalized spacial score (nSPS) is 12.6. The maximum Gasteiger partial charge on any atom is 0.235 e. The number of halogens is 1. The lowest BCUT2D eigenvalue weighted by Crippen LogP contribution is -2.33. The van der Waals surface area contributed by atoms with Crippen molar-refractivity contribution in [1.82, 2.24) is 5.32 Å². The number of rotatable bonds is 8. The molecule has 0 radical (unpaired) electrons. The largest absolute Gasteiger partial charge is 0.349 e. The Morgan fingerprint density at radius 3 is 2.52 bits per heavy atom. The Labute approximate surface area is 157 Å². The van der Waals surface area contributed by atoms with Gasteiger partial charge < -0.3 is 5.32 Å². The minimum Gasteiger partial charge on any atom is -0.349 e. The molecule has 0 aliphatic carbocycles. The van der Waals surface area contributed by atoms with Crippen molar-refractivity contribution in [3.05, 3.63) is 70.2 Å². The highest BCUT2D eigenvalue weighted by Gasteiger charge is 2.18. The van der Waals surface area contributed by atoms with Crippen molar-refractivity contribution in [2.75, 3.05) is 11.5 Å². The number of carbonyl (C=O) groups is 1. The first kappa shape index (κ1) is 19.7. The van der Waals surface area contributed by atoms with Gasteiger partial charge in [-0.05, 0) is 43.0 Å². The highest BCUT2D eigenvalue weighted by Crippen LogP contribution is 2.17. The monoisotopic (exact) mass is 423 g/mol. The van der Waals surface area contributed by atoms with Crippen LogP contribution in [0.2, 0.25) is 0 Å². The van der Waals surface area contributed by atoms with E-state index in [1.165, 1.54) is 0 Å². The summed E-state index contributed by atoms with van der Waals surface area (Å²) in [6.45, 7) is 1.84. The van der Waals surface area contributed by atoms with Crippen LogP contribution in [0.15, 0.2) is 59.1 Å². The summed E-state index contributed by atoms with van der Waals surface area (Å²) in [6, 6.07) is 17.1. The number of nitrogens with one attached hydrogen (secondary N) is 1. The maximum atomic E-state index is 12.1. The van der Waals surface area contributed by atoms with Gasteiger partial charge in [-0.2, -0.15) is 0 Å². The van der Waals surface area contributed by atoms with E-state index in [2.05, 4.69) is 21.2 Å². The van der Waals surface area contributed by atoms with E-state index in [-0.39, 0.29) is 11.8 Å². The molecule has 0 heterocycles. The van der Waals surface area contributed by atoms with Gasteiger partial charge in [-0.25, -0.2) is 8.42 Å². The van der Waals surface area contributed by atoms with Crippen LogP contribution < -0.4 is 5.32 Å². The number of hydrogen-bond donors (Lipinski definition) is 1. The summed E-state index contributed by atoms with van der Waals surface area (Å²) in [6.07, 6.45) is 1.21. The van der Waals surface area contributed by atoms with Gasteiger partial charge in [-0.1, -0.05) is 58.4 Å². The van der Waals surface area contributed by atoms with Gasteiger partial charge in [0.25, 0.3) is 0 Å². The number of hydrogen-bond acceptors (Lipinski definition) is 3. The molecule has 1 amide bonds. The first-order valence-electron chi connectivity index (χ1n) is 8.15. The fourth-order valence-corrected chi connectivity index (χ4v) is 4.18. The highest BCUT2D eigenvalue weighted by atomic mass is 79.9. The summed E-state index contributed by atoms with van der Waals surface area (Å²) < 4.78 is 25.2. The van der Waals surface area contributed by atoms with E-state index in [9.17, 15) is 13.2 Å². The number of carbonyl (C=O) groups excluding carboxylic acids is 1. The molecule has 2 aromatic rings. The summed E-state index contributed by atoms with van der Waals surface area (Å²) in [5.74, 6) is -0.923. The lowest BCUT2D eigenvalue weighted by molar-refractivity contribution is -0.119. The minimum absolute atomic E-state index is 0.0145. The van der Waals surface area contributed by atoms with Gasteiger partial charge in [0.15, 0.2) is 9.84 Å². The zero-order valence-electron chi connectivity index (χ0n) is 14.1. The second-order valence-electron chi connectivity index (χ2n) is 6.03. The number of amides is 1. The lowest BCUT2D eigenvalue weighted by atomic mass is 10.1. The molecule has 1 unspecified atom stereocenters. The fraction of sp³-hybridized carbons (Fsp3) is 0.316. The molecule has 0 bridgehead atoms. The molecular weight excluding hydrogens is 402 g/mol. The van der Waals surface area contributed by atoms with Crippen LogP contribution >= 0.6 is 15.9 Å². The van der Waals surface area contributed by atoms with E-state index in [0.29, 0.717) is 12.8 Å². The molecule has 0 spiro atoms. The van der Waals surface area contributed by atoms with E-state index >= 15 is 0 Å². The third-order valence-corrected chi connectivity index (χ3v) is 5.95. The predicted octanol–water partition coefficient (Wildman–Crippen LogP) is 3.67. The summed E-state index contributed by atoms with van der Waals surface area (Å²) >= 11 is 3.38. The summed E-state index contributed by atoms with van der Waals surface area (Å²) in [7, 11) is -3.41. The van der Waals surface area contributed by atoms with Crippen LogP contribution in [0, 0.1) is 0 Å². The predicted molar refractivity (Wildman–Crippen MR) is 104 cm³/mol. The fourth-order valence-electron chi connectivity index (χ4n) is 2.56. The Kier molecular flexibility index (Phi) is 7.20. The molecule has 0 aliphatic rings. The van der Waals surface area contributed by atoms with Gasteiger partial charge in [0.05, 0.1) is 11.8 Å². The molecule has 0 aliphatic heterocycles. The number of aryl methyl sites for hydroxylation is 1. The Morgan fingerprint density at radius 2 is 1.84 bits per heavy atom.